The van der Waals surface area contributed by atoms with Crippen LogP contribution in [0.5, 0.6) is 0 Å². The highest BCUT2D eigenvalue weighted by Crippen LogP contribution is 2.21. The summed E-state index contributed by atoms with van der Waals surface area (Å²) in [6.45, 7) is 1.80. The van der Waals surface area contributed by atoms with Crippen LogP contribution in [0.1, 0.15) is 40.5 Å². The van der Waals surface area contributed by atoms with Crippen LogP contribution >= 0.6 is 11.6 Å². The zero-order valence-corrected chi connectivity index (χ0v) is 15.5. The number of unbranched alkanes of at least 4 members (excludes halogenated alkanes) is 1. The minimum atomic E-state index is -0.658. The molecule has 0 saturated heterocycles. The third-order valence-corrected chi connectivity index (χ3v) is 3.76. The largest absolute Gasteiger partial charge is 0.462 e. The van der Waals surface area contributed by atoms with Crippen molar-refractivity contribution in [1.29, 1.82) is 0 Å². The van der Waals surface area contributed by atoms with Gasteiger partial charge in [-0.15, -0.1) is 0 Å². The number of halogens is 1. The fraction of sp³-hybridized carbons (Fsp3) is 0.263. The molecule has 1 aromatic carbocycles. The predicted octanol–water partition coefficient (Wildman–Crippen LogP) is 3.49. The molecule has 1 heterocycles. The average Bonchev–Trinajstić information content (AvgIpc) is 2.68. The molecule has 2 aromatic rings. The number of pyridine rings is 1. The Hall–Kier alpha value is -2.93. The second-order valence-electron chi connectivity index (χ2n) is 5.55. The van der Waals surface area contributed by atoms with E-state index in [2.05, 4.69) is 10.3 Å². The topological polar surface area (TPSA) is 94.6 Å². The van der Waals surface area contributed by atoms with E-state index in [9.17, 15) is 14.4 Å². The molecule has 1 amide bonds. The SMILES string of the molecule is CCCCOC(=O)c1cc(NC(=O)COC(=O)c2cccnc2)ccc1Cl. The van der Waals surface area contributed by atoms with Gasteiger partial charge in [-0.2, -0.15) is 0 Å². The molecule has 27 heavy (non-hydrogen) atoms. The molecule has 0 fully saturated rings. The van der Waals surface area contributed by atoms with Crippen molar-refractivity contribution in [2.24, 2.45) is 0 Å². The standard InChI is InChI=1S/C19H19ClN2O5/c1-2-3-9-26-19(25)15-10-14(6-7-16(15)20)22-17(23)12-27-18(24)13-5-4-8-21-11-13/h4-8,10-11H,2-3,9,12H2,1H3,(H,22,23). The summed E-state index contributed by atoms with van der Waals surface area (Å²) < 4.78 is 10.0. The van der Waals surface area contributed by atoms with E-state index in [1.54, 1.807) is 6.07 Å². The number of benzene rings is 1. The van der Waals surface area contributed by atoms with Gasteiger partial charge in [0.15, 0.2) is 6.61 Å². The van der Waals surface area contributed by atoms with Crippen molar-refractivity contribution in [3.63, 3.8) is 0 Å². The highest BCUT2D eigenvalue weighted by molar-refractivity contribution is 6.33. The van der Waals surface area contributed by atoms with Crippen molar-refractivity contribution >= 4 is 35.1 Å². The van der Waals surface area contributed by atoms with Gasteiger partial charge in [-0.05, 0) is 36.8 Å². The molecule has 0 aliphatic rings. The van der Waals surface area contributed by atoms with Crippen LogP contribution in [0.3, 0.4) is 0 Å². The third kappa shape index (κ3) is 6.38. The van der Waals surface area contributed by atoms with Crippen LogP contribution in [0, 0.1) is 0 Å². The Balaban J connectivity index is 1.92. The number of amides is 1. The number of esters is 2. The van der Waals surface area contributed by atoms with E-state index in [0.717, 1.165) is 12.8 Å². The molecule has 0 atom stereocenters. The fourth-order valence-electron chi connectivity index (χ4n) is 2.04. The van der Waals surface area contributed by atoms with Crippen LogP contribution in [0.2, 0.25) is 5.02 Å². The number of nitrogens with one attached hydrogen (secondary N) is 1. The van der Waals surface area contributed by atoms with E-state index < -0.39 is 24.5 Å². The summed E-state index contributed by atoms with van der Waals surface area (Å²) in [6, 6.07) is 7.55. The van der Waals surface area contributed by atoms with Crippen molar-refractivity contribution in [2.45, 2.75) is 19.8 Å². The van der Waals surface area contributed by atoms with E-state index in [-0.39, 0.29) is 16.1 Å². The maximum Gasteiger partial charge on any atom is 0.340 e. The number of carbonyl (C=O) groups is 3. The van der Waals surface area contributed by atoms with Crippen LogP contribution in [0.4, 0.5) is 5.69 Å². The molecule has 7 nitrogen and oxygen atoms in total. The van der Waals surface area contributed by atoms with Crippen LogP contribution in [-0.4, -0.2) is 36.0 Å². The molecule has 0 aliphatic carbocycles. The van der Waals surface area contributed by atoms with Gasteiger partial charge in [-0.1, -0.05) is 24.9 Å². The quantitative estimate of drug-likeness (QED) is 0.547. The molecule has 142 valence electrons. The summed E-state index contributed by atoms with van der Waals surface area (Å²) in [6.07, 6.45) is 4.52. The van der Waals surface area contributed by atoms with Crippen LogP contribution in [0.15, 0.2) is 42.7 Å². The summed E-state index contributed by atoms with van der Waals surface area (Å²) in [7, 11) is 0. The monoisotopic (exact) mass is 390 g/mol. The van der Waals surface area contributed by atoms with Gasteiger partial charge >= 0.3 is 11.9 Å². The van der Waals surface area contributed by atoms with Crippen molar-refractivity contribution in [3.8, 4) is 0 Å². The lowest BCUT2D eigenvalue weighted by molar-refractivity contribution is -0.119. The molecule has 8 heteroatoms. The van der Waals surface area contributed by atoms with Gasteiger partial charge in [0.2, 0.25) is 0 Å². The molecular formula is C19H19ClN2O5. The van der Waals surface area contributed by atoms with E-state index in [4.69, 9.17) is 21.1 Å². The summed E-state index contributed by atoms with van der Waals surface area (Å²) in [5.74, 6) is -1.78. The molecule has 0 unspecified atom stereocenters. The molecule has 0 spiro atoms. The average molecular weight is 391 g/mol. The minimum Gasteiger partial charge on any atom is -0.462 e. The van der Waals surface area contributed by atoms with Gasteiger partial charge in [-0.25, -0.2) is 9.59 Å². The second kappa shape index (κ2) is 10.3. The zero-order valence-electron chi connectivity index (χ0n) is 14.7. The lowest BCUT2D eigenvalue weighted by Gasteiger charge is -2.10. The van der Waals surface area contributed by atoms with Gasteiger partial charge in [0.25, 0.3) is 5.91 Å². The minimum absolute atomic E-state index is 0.151. The van der Waals surface area contributed by atoms with Crippen molar-refractivity contribution in [2.75, 3.05) is 18.5 Å². The van der Waals surface area contributed by atoms with Crippen molar-refractivity contribution in [1.82, 2.24) is 4.98 Å². The van der Waals surface area contributed by atoms with Gasteiger partial charge < -0.3 is 14.8 Å². The van der Waals surface area contributed by atoms with Gasteiger partial charge in [0.05, 0.1) is 22.8 Å². The number of hydrogen-bond donors (Lipinski definition) is 1. The summed E-state index contributed by atoms with van der Waals surface area (Å²) in [4.78, 5) is 39.6. The molecule has 0 saturated carbocycles. The van der Waals surface area contributed by atoms with Crippen LogP contribution < -0.4 is 5.32 Å². The van der Waals surface area contributed by atoms with Crippen molar-refractivity contribution < 1.29 is 23.9 Å². The summed E-state index contributed by atoms with van der Waals surface area (Å²) in [5.41, 5.74) is 0.732. The molecular weight excluding hydrogens is 372 g/mol. The summed E-state index contributed by atoms with van der Waals surface area (Å²) >= 11 is 6.02. The maximum atomic E-state index is 12.1. The molecule has 2 rings (SSSR count). The number of carbonyl (C=O) groups excluding carboxylic acids is 3. The molecule has 0 bridgehead atoms. The van der Waals surface area contributed by atoms with E-state index in [1.807, 2.05) is 6.92 Å². The molecule has 1 aromatic heterocycles. The lowest BCUT2D eigenvalue weighted by Crippen LogP contribution is -2.21. The highest BCUT2D eigenvalue weighted by atomic mass is 35.5. The fourth-order valence-corrected chi connectivity index (χ4v) is 2.24. The first-order valence-electron chi connectivity index (χ1n) is 8.35. The number of hydrogen-bond acceptors (Lipinski definition) is 6. The Morgan fingerprint density at radius 2 is 1.96 bits per heavy atom. The van der Waals surface area contributed by atoms with E-state index in [1.165, 1.54) is 36.7 Å². The Morgan fingerprint density at radius 1 is 1.15 bits per heavy atom. The Morgan fingerprint density at radius 3 is 2.67 bits per heavy atom. The number of ether oxygens (including phenoxy) is 2. The first kappa shape index (κ1) is 20.4. The number of aromatic nitrogens is 1. The zero-order chi connectivity index (χ0) is 19.6. The Labute approximate surface area is 161 Å². The lowest BCUT2D eigenvalue weighted by atomic mass is 10.2. The molecule has 0 aliphatic heterocycles. The van der Waals surface area contributed by atoms with Crippen LogP contribution in [-0.2, 0) is 14.3 Å². The van der Waals surface area contributed by atoms with Gasteiger partial charge in [0.1, 0.15) is 0 Å². The van der Waals surface area contributed by atoms with Crippen LogP contribution in [0.25, 0.3) is 0 Å². The smallest absolute Gasteiger partial charge is 0.340 e. The number of anilines is 1. The predicted molar refractivity (Wildman–Crippen MR) is 99.8 cm³/mol. The maximum absolute atomic E-state index is 12.1. The number of nitrogens with zero attached hydrogens (tertiary/aromatic N) is 1. The number of rotatable bonds is 8. The molecule has 0 radical (unpaired) electrons. The van der Waals surface area contributed by atoms with Gasteiger partial charge in [-0.3, -0.25) is 9.78 Å². The van der Waals surface area contributed by atoms with E-state index >= 15 is 0 Å². The molecule has 1 N–H and O–H groups in total. The Kier molecular flexibility index (Phi) is 7.76. The van der Waals surface area contributed by atoms with Crippen molar-refractivity contribution in [3.05, 3.63) is 58.9 Å². The first-order chi connectivity index (χ1) is 13.0. The first-order valence-corrected chi connectivity index (χ1v) is 8.72. The van der Waals surface area contributed by atoms with Gasteiger partial charge in [0, 0.05) is 18.1 Å². The highest BCUT2D eigenvalue weighted by Gasteiger charge is 2.15. The second-order valence-corrected chi connectivity index (χ2v) is 5.96. The normalized spacial score (nSPS) is 10.1. The summed E-state index contributed by atoms with van der Waals surface area (Å²) in [5, 5.41) is 2.76. The van der Waals surface area contributed by atoms with E-state index in [0.29, 0.717) is 12.3 Å². The Bertz CT molecular complexity index is 811. The third-order valence-electron chi connectivity index (χ3n) is 3.43.